The second-order valence-corrected chi connectivity index (χ2v) is 2.48. The van der Waals surface area contributed by atoms with E-state index in [1.807, 2.05) is 6.07 Å². The Morgan fingerprint density at radius 1 is 1.38 bits per heavy atom. The second-order valence-electron chi connectivity index (χ2n) is 2.48. The summed E-state index contributed by atoms with van der Waals surface area (Å²) >= 11 is 0. The molecule has 0 aromatic heterocycles. The van der Waals surface area contributed by atoms with Gasteiger partial charge in [0, 0.05) is 5.56 Å². The molecule has 0 heterocycles. The van der Waals surface area contributed by atoms with Crippen LogP contribution in [0.4, 0.5) is 0 Å². The number of benzene rings is 1. The topological polar surface area (TPSA) is 57.9 Å². The fourth-order valence-electron chi connectivity index (χ4n) is 0.924. The number of carbonyl (C=O) groups excluding carboxylic acids is 2. The molecular formula is C10H7NO2. The van der Waals surface area contributed by atoms with Gasteiger partial charge in [-0.25, -0.2) is 0 Å². The van der Waals surface area contributed by atoms with Crippen LogP contribution < -0.4 is 0 Å². The number of rotatable bonds is 3. The van der Waals surface area contributed by atoms with Gasteiger partial charge in [-0.1, -0.05) is 12.1 Å². The van der Waals surface area contributed by atoms with E-state index in [4.69, 9.17) is 5.26 Å². The van der Waals surface area contributed by atoms with Crippen molar-refractivity contribution in [1.82, 2.24) is 0 Å². The number of hydrogen-bond donors (Lipinski definition) is 0. The lowest BCUT2D eigenvalue weighted by Gasteiger charge is -1.95. The van der Waals surface area contributed by atoms with E-state index in [2.05, 4.69) is 0 Å². The van der Waals surface area contributed by atoms with Crippen molar-refractivity contribution in [2.45, 2.75) is 6.42 Å². The Morgan fingerprint density at radius 2 is 2.00 bits per heavy atom. The van der Waals surface area contributed by atoms with Gasteiger partial charge in [-0.2, -0.15) is 5.26 Å². The van der Waals surface area contributed by atoms with E-state index < -0.39 is 0 Å². The Labute approximate surface area is 75.6 Å². The summed E-state index contributed by atoms with van der Waals surface area (Å²) in [5, 5.41) is 8.48. The molecule has 1 aromatic carbocycles. The molecule has 0 aliphatic heterocycles. The average Bonchev–Trinajstić information content (AvgIpc) is 2.18. The lowest BCUT2D eigenvalue weighted by molar-refractivity contribution is -0.107. The van der Waals surface area contributed by atoms with Crippen LogP contribution in [0.15, 0.2) is 24.3 Å². The number of nitriles is 1. The lowest BCUT2D eigenvalue weighted by atomic mass is 10.1. The molecule has 0 aliphatic carbocycles. The van der Waals surface area contributed by atoms with Crippen LogP contribution in [0.25, 0.3) is 0 Å². The predicted molar refractivity (Wildman–Crippen MR) is 46.2 cm³/mol. The van der Waals surface area contributed by atoms with Gasteiger partial charge in [-0.3, -0.25) is 4.79 Å². The van der Waals surface area contributed by atoms with Crippen molar-refractivity contribution in [3.05, 3.63) is 35.4 Å². The second kappa shape index (κ2) is 4.17. The minimum atomic E-state index is -0.223. The molecule has 0 unspecified atom stereocenters. The summed E-state index contributed by atoms with van der Waals surface area (Å²) in [6.45, 7) is 0. The van der Waals surface area contributed by atoms with Crippen molar-refractivity contribution >= 4 is 12.1 Å². The van der Waals surface area contributed by atoms with Crippen LogP contribution in [0.3, 0.4) is 0 Å². The lowest BCUT2D eigenvalue weighted by Crippen LogP contribution is -1.98. The Balaban J connectivity index is 2.87. The van der Waals surface area contributed by atoms with E-state index >= 15 is 0 Å². The van der Waals surface area contributed by atoms with E-state index in [9.17, 15) is 9.59 Å². The minimum absolute atomic E-state index is 0.105. The molecule has 0 N–H and O–H groups in total. The molecule has 0 saturated carbocycles. The highest BCUT2D eigenvalue weighted by atomic mass is 16.1. The summed E-state index contributed by atoms with van der Waals surface area (Å²) in [6, 6.07) is 8.14. The molecule has 13 heavy (non-hydrogen) atoms. The summed E-state index contributed by atoms with van der Waals surface area (Å²) in [5.41, 5.74) is 0.966. The molecule has 0 radical (unpaired) electrons. The third-order valence-corrected chi connectivity index (χ3v) is 1.60. The standard InChI is InChI=1S/C10H7NO2/c11-7-8-1-3-9(4-2-8)10(13)5-6-12/h1-4,6H,5H2. The van der Waals surface area contributed by atoms with Crippen LogP contribution in [0.5, 0.6) is 0 Å². The molecule has 1 aromatic rings. The van der Waals surface area contributed by atoms with E-state index in [0.29, 0.717) is 17.4 Å². The highest BCUT2D eigenvalue weighted by Crippen LogP contribution is 2.05. The monoisotopic (exact) mass is 173 g/mol. The van der Waals surface area contributed by atoms with Crippen molar-refractivity contribution in [3.8, 4) is 6.07 Å². The maximum Gasteiger partial charge on any atom is 0.169 e. The van der Waals surface area contributed by atoms with Gasteiger partial charge in [0.25, 0.3) is 0 Å². The smallest absolute Gasteiger partial charge is 0.169 e. The van der Waals surface area contributed by atoms with Crippen LogP contribution in [-0.4, -0.2) is 12.1 Å². The van der Waals surface area contributed by atoms with Crippen LogP contribution in [0, 0.1) is 11.3 Å². The van der Waals surface area contributed by atoms with Crippen molar-refractivity contribution in [1.29, 1.82) is 5.26 Å². The average molecular weight is 173 g/mol. The third kappa shape index (κ3) is 2.24. The summed E-state index contributed by atoms with van der Waals surface area (Å²) < 4.78 is 0. The van der Waals surface area contributed by atoms with Crippen LogP contribution >= 0.6 is 0 Å². The van der Waals surface area contributed by atoms with Gasteiger partial charge >= 0.3 is 0 Å². The zero-order chi connectivity index (χ0) is 9.68. The Morgan fingerprint density at radius 3 is 2.46 bits per heavy atom. The van der Waals surface area contributed by atoms with Crippen LogP contribution in [0.2, 0.25) is 0 Å². The molecule has 0 saturated heterocycles. The van der Waals surface area contributed by atoms with E-state index in [0.717, 1.165) is 0 Å². The van der Waals surface area contributed by atoms with Crippen molar-refractivity contribution in [3.63, 3.8) is 0 Å². The molecule has 0 fully saturated rings. The molecule has 1 rings (SSSR count). The highest BCUT2D eigenvalue weighted by molar-refractivity contribution is 6.02. The largest absolute Gasteiger partial charge is 0.303 e. The number of aldehydes is 1. The Kier molecular flexibility index (Phi) is 2.93. The van der Waals surface area contributed by atoms with E-state index in [-0.39, 0.29) is 12.2 Å². The maximum atomic E-state index is 11.1. The number of Topliss-reactive ketones (excluding diaryl/α,β-unsaturated/α-hetero) is 1. The molecule has 64 valence electrons. The van der Waals surface area contributed by atoms with Crippen molar-refractivity contribution < 1.29 is 9.59 Å². The van der Waals surface area contributed by atoms with Crippen LogP contribution in [-0.2, 0) is 4.79 Å². The first-order valence-corrected chi connectivity index (χ1v) is 3.75. The quantitative estimate of drug-likeness (QED) is 0.393. The highest BCUT2D eigenvalue weighted by Gasteiger charge is 2.03. The Bertz CT molecular complexity index is 360. The summed E-state index contributed by atoms with van der Waals surface area (Å²) in [6.07, 6.45) is 0.465. The van der Waals surface area contributed by atoms with Crippen molar-refractivity contribution in [2.24, 2.45) is 0 Å². The van der Waals surface area contributed by atoms with Gasteiger partial charge in [-0.15, -0.1) is 0 Å². The van der Waals surface area contributed by atoms with Gasteiger partial charge < -0.3 is 4.79 Å². The molecule has 0 bridgehead atoms. The van der Waals surface area contributed by atoms with Gasteiger partial charge in [0.1, 0.15) is 6.29 Å². The summed E-state index contributed by atoms with van der Waals surface area (Å²) in [7, 11) is 0. The molecular weight excluding hydrogens is 166 g/mol. The molecule has 0 aliphatic rings. The van der Waals surface area contributed by atoms with Crippen LogP contribution in [0.1, 0.15) is 22.3 Å². The molecule has 3 nitrogen and oxygen atoms in total. The SMILES string of the molecule is N#Cc1ccc(C(=O)CC=O)cc1. The number of carbonyl (C=O) groups is 2. The summed E-state index contributed by atoms with van der Waals surface area (Å²) in [4.78, 5) is 21.2. The van der Waals surface area contributed by atoms with E-state index in [1.165, 1.54) is 0 Å². The zero-order valence-corrected chi connectivity index (χ0v) is 6.86. The molecule has 0 atom stereocenters. The number of hydrogen-bond acceptors (Lipinski definition) is 3. The Hall–Kier alpha value is -1.95. The van der Waals surface area contributed by atoms with Gasteiger partial charge in [-0.05, 0) is 12.1 Å². The first-order chi connectivity index (χ1) is 6.27. The first-order valence-electron chi connectivity index (χ1n) is 3.75. The molecule has 0 amide bonds. The molecule has 3 heteroatoms. The van der Waals surface area contributed by atoms with Gasteiger partial charge in [0.05, 0.1) is 18.1 Å². The fraction of sp³-hybridized carbons (Fsp3) is 0.100. The van der Waals surface area contributed by atoms with E-state index in [1.54, 1.807) is 24.3 Å². The maximum absolute atomic E-state index is 11.1. The number of ketones is 1. The van der Waals surface area contributed by atoms with Gasteiger partial charge in [0.2, 0.25) is 0 Å². The zero-order valence-electron chi connectivity index (χ0n) is 6.86. The minimum Gasteiger partial charge on any atom is -0.303 e. The number of nitrogens with zero attached hydrogens (tertiary/aromatic N) is 1. The molecule has 0 spiro atoms. The van der Waals surface area contributed by atoms with Gasteiger partial charge in [0.15, 0.2) is 5.78 Å². The predicted octanol–water partition coefficient (Wildman–Crippen LogP) is 1.33. The normalized spacial score (nSPS) is 8.85. The summed E-state index contributed by atoms with van der Waals surface area (Å²) in [5.74, 6) is -0.223. The first kappa shape index (κ1) is 9.14. The van der Waals surface area contributed by atoms with Crippen molar-refractivity contribution in [2.75, 3.05) is 0 Å². The fourth-order valence-corrected chi connectivity index (χ4v) is 0.924. The third-order valence-electron chi connectivity index (χ3n) is 1.60.